The van der Waals surface area contributed by atoms with Crippen molar-refractivity contribution in [2.24, 2.45) is 0 Å². The first-order chi connectivity index (χ1) is 7.27. The number of imidazole rings is 1. The molecule has 0 atom stereocenters. The van der Waals surface area contributed by atoms with E-state index in [9.17, 15) is 0 Å². The zero-order valence-electron chi connectivity index (χ0n) is 8.71. The molecule has 5 heteroatoms. The smallest absolute Gasteiger partial charge is 0.125 e. The Labute approximate surface area is 98.5 Å². The van der Waals surface area contributed by atoms with Crippen LogP contribution in [-0.2, 0) is 0 Å². The number of rotatable bonds is 0. The second-order valence-corrected chi connectivity index (χ2v) is 3.54. The van der Waals surface area contributed by atoms with Crippen LogP contribution in [0.4, 0.5) is 0 Å². The average Bonchev–Trinajstić information content (AvgIpc) is 2.55. The molecule has 0 aliphatic rings. The fourth-order valence-corrected chi connectivity index (χ4v) is 1.84. The molecule has 0 aliphatic heterocycles. The van der Waals surface area contributed by atoms with Gasteiger partial charge in [0.2, 0.25) is 0 Å². The van der Waals surface area contributed by atoms with E-state index in [4.69, 9.17) is 5.84 Å². The first kappa shape index (κ1) is 10.7. The SMILES string of the molecule is Cc1nc2cnc3ccccc3c2n1N.Cl. The van der Waals surface area contributed by atoms with Crippen molar-refractivity contribution in [1.82, 2.24) is 14.6 Å². The monoisotopic (exact) mass is 234 g/mol. The van der Waals surface area contributed by atoms with Crippen molar-refractivity contribution in [3.63, 3.8) is 0 Å². The molecule has 0 saturated heterocycles. The number of nitrogens with zero attached hydrogens (tertiary/aromatic N) is 3. The summed E-state index contributed by atoms with van der Waals surface area (Å²) in [7, 11) is 0. The summed E-state index contributed by atoms with van der Waals surface area (Å²) in [5.41, 5.74) is 2.73. The molecule has 0 radical (unpaired) electrons. The van der Waals surface area contributed by atoms with Gasteiger partial charge in [-0.1, -0.05) is 18.2 Å². The van der Waals surface area contributed by atoms with Crippen LogP contribution in [0, 0.1) is 6.92 Å². The van der Waals surface area contributed by atoms with E-state index in [0.717, 1.165) is 27.8 Å². The first-order valence-electron chi connectivity index (χ1n) is 4.75. The van der Waals surface area contributed by atoms with Gasteiger partial charge in [0, 0.05) is 5.39 Å². The third-order valence-corrected chi connectivity index (χ3v) is 2.60. The van der Waals surface area contributed by atoms with Crippen LogP contribution in [0.5, 0.6) is 0 Å². The lowest BCUT2D eigenvalue weighted by Gasteiger charge is -2.00. The van der Waals surface area contributed by atoms with Crippen molar-refractivity contribution in [2.45, 2.75) is 6.92 Å². The number of aryl methyl sites for hydroxylation is 1. The molecule has 3 rings (SSSR count). The number of hydrogen-bond acceptors (Lipinski definition) is 3. The van der Waals surface area contributed by atoms with Crippen LogP contribution in [0.25, 0.3) is 21.9 Å². The highest BCUT2D eigenvalue weighted by Gasteiger charge is 2.08. The van der Waals surface area contributed by atoms with Gasteiger partial charge in [-0.2, -0.15) is 0 Å². The molecule has 2 aromatic heterocycles. The van der Waals surface area contributed by atoms with E-state index in [1.54, 1.807) is 10.9 Å². The fourth-order valence-electron chi connectivity index (χ4n) is 1.84. The predicted octanol–water partition coefficient (Wildman–Crippen LogP) is 2.03. The summed E-state index contributed by atoms with van der Waals surface area (Å²) in [5.74, 6) is 6.73. The molecule has 82 valence electrons. The molecule has 2 N–H and O–H groups in total. The molecular formula is C11H11ClN4. The number of nitrogens with two attached hydrogens (primary N) is 1. The molecule has 1 aromatic carbocycles. The molecular weight excluding hydrogens is 224 g/mol. The standard InChI is InChI=1S/C11H10N4.ClH/c1-7-14-10-6-13-9-5-3-2-4-8(9)11(10)15(7)12;/h2-6H,12H2,1H3;1H. The number of hydrogen-bond donors (Lipinski definition) is 1. The number of fused-ring (bicyclic) bond motifs is 3. The van der Waals surface area contributed by atoms with E-state index in [-0.39, 0.29) is 12.4 Å². The van der Waals surface area contributed by atoms with Crippen molar-refractivity contribution in [3.05, 3.63) is 36.3 Å². The van der Waals surface area contributed by atoms with Crippen LogP contribution >= 0.6 is 12.4 Å². The zero-order chi connectivity index (χ0) is 10.4. The van der Waals surface area contributed by atoms with Crippen LogP contribution in [0.3, 0.4) is 0 Å². The summed E-state index contributed by atoms with van der Waals surface area (Å²) in [5, 5.41) is 1.04. The predicted molar refractivity (Wildman–Crippen MR) is 67.2 cm³/mol. The summed E-state index contributed by atoms with van der Waals surface area (Å²) in [6.45, 7) is 1.88. The first-order valence-corrected chi connectivity index (χ1v) is 4.75. The van der Waals surface area contributed by atoms with Gasteiger partial charge in [0.1, 0.15) is 16.9 Å². The maximum Gasteiger partial charge on any atom is 0.125 e. The van der Waals surface area contributed by atoms with Crippen molar-refractivity contribution < 1.29 is 0 Å². The fraction of sp³-hybridized carbons (Fsp3) is 0.0909. The number of para-hydroxylation sites is 1. The summed E-state index contributed by atoms with van der Waals surface area (Å²) < 4.78 is 1.61. The molecule has 0 bridgehead atoms. The number of nitrogen functional groups attached to an aromatic ring is 1. The topological polar surface area (TPSA) is 56.7 Å². The third kappa shape index (κ3) is 1.31. The van der Waals surface area contributed by atoms with Crippen LogP contribution in [0.2, 0.25) is 0 Å². The minimum Gasteiger partial charge on any atom is -0.337 e. The summed E-state index contributed by atoms with van der Waals surface area (Å²) in [6.07, 6.45) is 1.76. The Hall–Kier alpha value is -1.81. The van der Waals surface area contributed by atoms with E-state index in [1.165, 1.54) is 0 Å². The lowest BCUT2D eigenvalue weighted by molar-refractivity contribution is 0.958. The minimum atomic E-state index is 0. The molecule has 16 heavy (non-hydrogen) atoms. The molecule has 0 aliphatic carbocycles. The van der Waals surface area contributed by atoms with Gasteiger partial charge >= 0.3 is 0 Å². The Morgan fingerprint density at radius 2 is 1.94 bits per heavy atom. The molecule has 4 nitrogen and oxygen atoms in total. The molecule has 0 saturated carbocycles. The highest BCUT2D eigenvalue weighted by atomic mass is 35.5. The summed E-state index contributed by atoms with van der Waals surface area (Å²) in [4.78, 5) is 8.67. The van der Waals surface area contributed by atoms with Crippen LogP contribution in [0.1, 0.15) is 5.82 Å². The van der Waals surface area contributed by atoms with E-state index >= 15 is 0 Å². The Bertz CT molecular complexity index is 659. The van der Waals surface area contributed by atoms with Crippen LogP contribution < -0.4 is 5.84 Å². The lowest BCUT2D eigenvalue weighted by Crippen LogP contribution is -2.09. The molecule has 2 heterocycles. The van der Waals surface area contributed by atoms with Crippen molar-refractivity contribution >= 4 is 34.3 Å². The van der Waals surface area contributed by atoms with Crippen LogP contribution in [-0.4, -0.2) is 14.6 Å². The van der Waals surface area contributed by atoms with E-state index in [2.05, 4.69) is 9.97 Å². The van der Waals surface area contributed by atoms with E-state index in [1.807, 2.05) is 31.2 Å². The van der Waals surface area contributed by atoms with Gasteiger partial charge in [0.05, 0.1) is 11.7 Å². The van der Waals surface area contributed by atoms with Crippen molar-refractivity contribution in [2.75, 3.05) is 5.84 Å². The summed E-state index contributed by atoms with van der Waals surface area (Å²) in [6, 6.07) is 7.92. The average molecular weight is 235 g/mol. The minimum absolute atomic E-state index is 0. The second kappa shape index (κ2) is 3.64. The molecule has 0 fully saturated rings. The molecule has 0 unspecified atom stereocenters. The number of halogens is 1. The van der Waals surface area contributed by atoms with Crippen molar-refractivity contribution in [1.29, 1.82) is 0 Å². The third-order valence-electron chi connectivity index (χ3n) is 2.60. The molecule has 3 aromatic rings. The quantitative estimate of drug-likeness (QED) is 0.606. The lowest BCUT2D eigenvalue weighted by atomic mass is 10.2. The number of aromatic nitrogens is 3. The second-order valence-electron chi connectivity index (χ2n) is 3.54. The largest absolute Gasteiger partial charge is 0.337 e. The van der Waals surface area contributed by atoms with Crippen LogP contribution in [0.15, 0.2) is 30.5 Å². The van der Waals surface area contributed by atoms with Gasteiger partial charge < -0.3 is 5.84 Å². The van der Waals surface area contributed by atoms with E-state index in [0.29, 0.717) is 0 Å². The Kier molecular flexibility index (Phi) is 2.44. The Balaban J connectivity index is 0.000000963. The van der Waals surface area contributed by atoms with E-state index < -0.39 is 0 Å². The van der Waals surface area contributed by atoms with Crippen molar-refractivity contribution in [3.8, 4) is 0 Å². The number of pyridine rings is 1. The molecule has 0 amide bonds. The number of benzene rings is 1. The van der Waals surface area contributed by atoms with Gasteiger partial charge in [0.25, 0.3) is 0 Å². The highest BCUT2D eigenvalue weighted by molar-refractivity contribution is 6.02. The van der Waals surface area contributed by atoms with Gasteiger partial charge in [-0.25, -0.2) is 9.66 Å². The summed E-state index contributed by atoms with van der Waals surface area (Å²) >= 11 is 0. The Morgan fingerprint density at radius 1 is 1.19 bits per heavy atom. The Morgan fingerprint density at radius 3 is 2.75 bits per heavy atom. The van der Waals surface area contributed by atoms with Gasteiger partial charge in [-0.3, -0.25) is 4.98 Å². The molecule has 0 spiro atoms. The zero-order valence-corrected chi connectivity index (χ0v) is 9.53. The van der Waals surface area contributed by atoms with Gasteiger partial charge in [-0.15, -0.1) is 12.4 Å². The maximum absolute atomic E-state index is 5.93. The normalized spacial score (nSPS) is 10.6. The van der Waals surface area contributed by atoms with Gasteiger partial charge in [-0.05, 0) is 13.0 Å². The maximum atomic E-state index is 5.93. The van der Waals surface area contributed by atoms with Gasteiger partial charge in [0.15, 0.2) is 0 Å². The highest BCUT2D eigenvalue weighted by Crippen LogP contribution is 2.22.